The third kappa shape index (κ3) is 6.08. The van der Waals surface area contributed by atoms with Gasteiger partial charge in [0.2, 0.25) is 5.91 Å². The van der Waals surface area contributed by atoms with Crippen molar-refractivity contribution < 1.29 is 9.53 Å². The largest absolute Gasteiger partial charge is 0.377 e. The lowest BCUT2D eigenvalue weighted by atomic mass is 9.97. The van der Waals surface area contributed by atoms with Gasteiger partial charge < -0.3 is 10.1 Å². The van der Waals surface area contributed by atoms with Crippen LogP contribution in [0.5, 0.6) is 0 Å². The van der Waals surface area contributed by atoms with Gasteiger partial charge in [-0.25, -0.2) is 0 Å². The van der Waals surface area contributed by atoms with Crippen molar-refractivity contribution in [2.24, 2.45) is 11.8 Å². The van der Waals surface area contributed by atoms with Crippen molar-refractivity contribution >= 4 is 5.91 Å². The summed E-state index contributed by atoms with van der Waals surface area (Å²) < 4.78 is 5.27. The van der Waals surface area contributed by atoms with Crippen LogP contribution in [0.3, 0.4) is 0 Å². The summed E-state index contributed by atoms with van der Waals surface area (Å²) >= 11 is 0. The fourth-order valence-electron chi connectivity index (χ4n) is 1.09. The molecular formula is C11H20N2O2. The molecule has 0 aromatic rings. The molecule has 1 N–H and O–H groups in total. The van der Waals surface area contributed by atoms with Crippen LogP contribution >= 0.6 is 0 Å². The van der Waals surface area contributed by atoms with Crippen LogP contribution in [-0.4, -0.2) is 25.2 Å². The summed E-state index contributed by atoms with van der Waals surface area (Å²) in [6.45, 7) is 8.54. The normalized spacial score (nSPS) is 12.6. The number of rotatable bonds is 6. The second-order valence-corrected chi connectivity index (χ2v) is 4.06. The van der Waals surface area contributed by atoms with E-state index in [9.17, 15) is 4.79 Å². The zero-order valence-electron chi connectivity index (χ0n) is 9.91. The molecule has 1 amide bonds. The average molecular weight is 212 g/mol. The van der Waals surface area contributed by atoms with Crippen molar-refractivity contribution in [3.05, 3.63) is 0 Å². The molecule has 0 spiro atoms. The Bertz CT molecular complexity index is 231. The molecule has 0 saturated heterocycles. The summed E-state index contributed by atoms with van der Waals surface area (Å²) in [7, 11) is 0. The molecule has 0 aromatic heterocycles. The van der Waals surface area contributed by atoms with E-state index in [0.717, 1.165) is 0 Å². The van der Waals surface area contributed by atoms with E-state index in [1.165, 1.54) is 0 Å². The Morgan fingerprint density at radius 1 is 1.40 bits per heavy atom. The van der Waals surface area contributed by atoms with Gasteiger partial charge in [-0.2, -0.15) is 5.26 Å². The maximum absolute atomic E-state index is 11.5. The number of amides is 1. The molecule has 0 rings (SSSR count). The van der Waals surface area contributed by atoms with Gasteiger partial charge in [-0.3, -0.25) is 4.79 Å². The molecule has 0 aliphatic heterocycles. The highest BCUT2D eigenvalue weighted by molar-refractivity contribution is 5.81. The lowest BCUT2D eigenvalue weighted by Gasteiger charge is -2.13. The highest BCUT2D eigenvalue weighted by Crippen LogP contribution is 2.08. The molecule has 0 fully saturated rings. The smallest absolute Gasteiger partial charge is 0.237 e. The lowest BCUT2D eigenvalue weighted by Crippen LogP contribution is -2.35. The Morgan fingerprint density at radius 2 is 2.00 bits per heavy atom. The molecule has 0 aliphatic carbocycles. The Kier molecular flexibility index (Phi) is 6.72. The fourth-order valence-corrected chi connectivity index (χ4v) is 1.09. The molecule has 1 atom stereocenters. The van der Waals surface area contributed by atoms with Gasteiger partial charge in [0, 0.05) is 6.54 Å². The van der Waals surface area contributed by atoms with Crippen molar-refractivity contribution in [1.29, 1.82) is 5.26 Å². The van der Waals surface area contributed by atoms with Crippen LogP contribution in [-0.2, 0) is 9.53 Å². The minimum absolute atomic E-state index is 0.0426. The van der Waals surface area contributed by atoms with E-state index in [4.69, 9.17) is 10.00 Å². The van der Waals surface area contributed by atoms with Crippen LogP contribution in [0, 0.1) is 23.2 Å². The molecule has 0 bridgehead atoms. The summed E-state index contributed by atoms with van der Waals surface area (Å²) in [4.78, 5) is 11.5. The SMILES string of the molecule is CC(C)OCCNC(=O)C(C#N)C(C)C. The average Bonchev–Trinajstić information content (AvgIpc) is 2.12. The second-order valence-electron chi connectivity index (χ2n) is 4.06. The second kappa shape index (κ2) is 7.24. The topological polar surface area (TPSA) is 62.1 Å². The minimum atomic E-state index is -0.566. The molecule has 0 heterocycles. The van der Waals surface area contributed by atoms with E-state index in [-0.39, 0.29) is 17.9 Å². The number of hydrogen-bond donors (Lipinski definition) is 1. The summed E-state index contributed by atoms with van der Waals surface area (Å²) in [5.41, 5.74) is 0. The highest BCUT2D eigenvalue weighted by atomic mass is 16.5. The lowest BCUT2D eigenvalue weighted by molar-refractivity contribution is -0.124. The van der Waals surface area contributed by atoms with Gasteiger partial charge in [-0.15, -0.1) is 0 Å². The van der Waals surface area contributed by atoms with E-state index >= 15 is 0 Å². The molecule has 0 radical (unpaired) electrons. The van der Waals surface area contributed by atoms with Crippen LogP contribution in [0.2, 0.25) is 0 Å². The number of hydrogen-bond acceptors (Lipinski definition) is 3. The van der Waals surface area contributed by atoms with Gasteiger partial charge in [0.05, 0.1) is 18.8 Å². The van der Waals surface area contributed by atoms with Gasteiger partial charge in [-0.1, -0.05) is 13.8 Å². The predicted molar refractivity (Wildman–Crippen MR) is 58.0 cm³/mol. The molecular weight excluding hydrogens is 192 g/mol. The highest BCUT2D eigenvalue weighted by Gasteiger charge is 2.20. The molecule has 15 heavy (non-hydrogen) atoms. The molecule has 0 aromatic carbocycles. The first kappa shape index (κ1) is 13.9. The van der Waals surface area contributed by atoms with Crippen LogP contribution in [0.1, 0.15) is 27.7 Å². The van der Waals surface area contributed by atoms with Crippen LogP contribution in [0.15, 0.2) is 0 Å². The Morgan fingerprint density at radius 3 is 2.40 bits per heavy atom. The predicted octanol–water partition coefficient (Wildman–Crippen LogP) is 1.32. The zero-order valence-corrected chi connectivity index (χ0v) is 9.91. The van der Waals surface area contributed by atoms with E-state index in [2.05, 4.69) is 5.32 Å². The van der Waals surface area contributed by atoms with E-state index in [0.29, 0.717) is 13.2 Å². The summed E-state index contributed by atoms with van der Waals surface area (Å²) in [6, 6.07) is 2.00. The monoisotopic (exact) mass is 212 g/mol. The number of nitrogens with zero attached hydrogens (tertiary/aromatic N) is 1. The van der Waals surface area contributed by atoms with Gasteiger partial charge in [-0.05, 0) is 19.8 Å². The third-order valence-electron chi connectivity index (χ3n) is 1.94. The first-order valence-electron chi connectivity index (χ1n) is 5.28. The summed E-state index contributed by atoms with van der Waals surface area (Å²) in [6.07, 6.45) is 0.166. The van der Waals surface area contributed by atoms with Crippen LogP contribution in [0.4, 0.5) is 0 Å². The summed E-state index contributed by atoms with van der Waals surface area (Å²) in [5.74, 6) is -0.732. The molecule has 0 aliphatic rings. The third-order valence-corrected chi connectivity index (χ3v) is 1.94. The number of nitriles is 1. The van der Waals surface area contributed by atoms with Crippen molar-refractivity contribution in [1.82, 2.24) is 5.32 Å². The first-order chi connectivity index (χ1) is 6.99. The Balaban J connectivity index is 3.79. The number of carbonyl (C=O) groups is 1. The van der Waals surface area contributed by atoms with Gasteiger partial charge >= 0.3 is 0 Å². The van der Waals surface area contributed by atoms with E-state index < -0.39 is 5.92 Å². The van der Waals surface area contributed by atoms with Gasteiger partial charge in [0.25, 0.3) is 0 Å². The molecule has 0 saturated carbocycles. The standard InChI is InChI=1S/C11H20N2O2/c1-8(2)10(7-12)11(14)13-5-6-15-9(3)4/h8-10H,5-6H2,1-4H3,(H,13,14). The molecule has 4 heteroatoms. The van der Waals surface area contributed by atoms with Gasteiger partial charge in [0.1, 0.15) is 5.92 Å². The Labute approximate surface area is 91.6 Å². The number of carbonyl (C=O) groups excluding carboxylic acids is 1. The quantitative estimate of drug-likeness (QED) is 0.675. The maximum atomic E-state index is 11.5. The summed E-state index contributed by atoms with van der Waals surface area (Å²) in [5, 5.41) is 11.5. The molecule has 4 nitrogen and oxygen atoms in total. The van der Waals surface area contributed by atoms with Crippen molar-refractivity contribution in [3.63, 3.8) is 0 Å². The van der Waals surface area contributed by atoms with E-state index in [1.54, 1.807) is 0 Å². The number of ether oxygens (including phenoxy) is 1. The zero-order chi connectivity index (χ0) is 11.8. The van der Waals surface area contributed by atoms with Crippen molar-refractivity contribution in [3.8, 4) is 6.07 Å². The van der Waals surface area contributed by atoms with Crippen LogP contribution in [0.25, 0.3) is 0 Å². The fraction of sp³-hybridized carbons (Fsp3) is 0.818. The van der Waals surface area contributed by atoms with Crippen molar-refractivity contribution in [2.45, 2.75) is 33.8 Å². The minimum Gasteiger partial charge on any atom is -0.377 e. The van der Waals surface area contributed by atoms with Crippen LogP contribution < -0.4 is 5.32 Å². The van der Waals surface area contributed by atoms with Gasteiger partial charge in [0.15, 0.2) is 0 Å². The van der Waals surface area contributed by atoms with E-state index in [1.807, 2.05) is 33.8 Å². The first-order valence-corrected chi connectivity index (χ1v) is 5.28. The van der Waals surface area contributed by atoms with Crippen molar-refractivity contribution in [2.75, 3.05) is 13.2 Å². The Hall–Kier alpha value is -1.08. The molecule has 86 valence electrons. The molecule has 1 unspecified atom stereocenters. The number of nitrogens with one attached hydrogen (secondary N) is 1. The maximum Gasteiger partial charge on any atom is 0.237 e.